The second-order valence-electron chi connectivity index (χ2n) is 23.2. The van der Waals surface area contributed by atoms with E-state index in [1.54, 1.807) is 0 Å². The van der Waals surface area contributed by atoms with Crippen LogP contribution >= 0.6 is 140 Å². The molecule has 696 valence electrons. The van der Waals surface area contributed by atoms with Crippen molar-refractivity contribution in [1.29, 1.82) is 10.5 Å². The zero-order valence-corrected chi connectivity index (χ0v) is 72.7. The molecule has 4 aromatic rings. The van der Waals surface area contributed by atoms with Gasteiger partial charge in [0.05, 0.1) is 0 Å². The van der Waals surface area contributed by atoms with Crippen LogP contribution in [0, 0.1) is 47.3 Å². The fraction of sp³-hybridized carbons (Fsp3) is 0.476. The number of nitrogens with one attached hydrogen (secondary N) is 2. The summed E-state index contributed by atoms with van der Waals surface area (Å²) in [4.78, 5) is 223. The molecule has 82 heteroatoms. The minimum atomic E-state index is -5.82. The molecule has 8 heterocycles. The zero-order valence-electron chi connectivity index (χ0n) is 59.0. The SMILES string of the molecule is C#C[C@]1(COP(=O)(O)OP(=O)(O)OP(=O)(O)O)O[C@@H](n2ccc(=O)[nH]c2=O)[C@H](Cl)[C@@H]1O.C#C[C@]1(COP(=O)(O)OP(=O)(O)OP(=O)(O)O)O[C@@H](n2ccc(N)nc2=O)[C@H](Cl)[C@@H]1O.N#C[C@]1(COP(=O)(O)OP(=O)(O)OP(=O)(O)O)O[C@@H](n2ccc(=O)[nH]c2=O)[C@H](Cl)[C@@H]1O.N#C[C@]1(COP(=O)(O)OP(=O)(O)OP(=O)(O)O)O[C@@H](n2ccc(N)nc2=O)[C@H](Cl)[C@@H]1O. The van der Waals surface area contributed by atoms with E-state index in [1.165, 1.54) is 24.3 Å². The van der Waals surface area contributed by atoms with E-state index in [9.17, 15) is 134 Å². The summed E-state index contributed by atoms with van der Waals surface area (Å²) in [5.41, 5.74) is -4.31. The number of phosphoric ester groups is 4. The summed E-state index contributed by atoms with van der Waals surface area (Å²) in [6.07, 6.45) is 1.11. The van der Waals surface area contributed by atoms with E-state index in [2.05, 4.69) is 62.5 Å². The van der Waals surface area contributed by atoms with Gasteiger partial charge >= 0.3 is 117 Å². The molecule has 0 saturated carbocycles. The minimum Gasteiger partial charge on any atom is -0.387 e. The van der Waals surface area contributed by atoms with Gasteiger partial charge in [-0.25, -0.2) is 74.0 Å². The molecule has 0 aromatic carbocycles. The number of H-pyrrole nitrogens is 2. The second-order valence-corrected chi connectivity index (χ2v) is 42.9. The Hall–Kier alpha value is -4.70. The summed E-state index contributed by atoms with van der Waals surface area (Å²) < 4.78 is 205. The average Bonchev–Trinajstić information content (AvgIpc) is 1.63. The summed E-state index contributed by atoms with van der Waals surface area (Å²) >= 11 is 24.1. The van der Waals surface area contributed by atoms with Crippen LogP contribution in [0.25, 0.3) is 0 Å². The number of hydrogen-bond acceptors (Lipinski definition) is 44. The molecule has 0 bridgehead atoms. The molecule has 4 aromatic heterocycles. The molecular formula is C42H56Cl4N12O54P12. The van der Waals surface area contributed by atoms with E-state index in [4.69, 9.17) is 148 Å². The molecule has 66 nitrogen and oxygen atoms in total. The molecule has 0 radical (unpaired) electrons. The number of aliphatic hydroxyl groups excluding tert-OH is 4. The highest BCUT2D eigenvalue weighted by atomic mass is 35.5. The third-order valence-electron chi connectivity index (χ3n) is 14.3. The van der Waals surface area contributed by atoms with Gasteiger partial charge in [0, 0.05) is 36.9 Å². The van der Waals surface area contributed by atoms with Gasteiger partial charge in [0.15, 0.2) is 36.1 Å². The predicted molar refractivity (Wildman–Crippen MR) is 391 cm³/mol. The van der Waals surface area contributed by atoms with Gasteiger partial charge in [0.1, 0.15) is 96.1 Å². The molecule has 4 aliphatic heterocycles. The molecule has 24 atom stereocenters. The first-order valence-electron chi connectivity index (χ1n) is 30.3. The van der Waals surface area contributed by atoms with Crippen LogP contribution in [-0.2, 0) is 126 Å². The Labute approximate surface area is 702 Å². The summed E-state index contributed by atoms with van der Waals surface area (Å²) in [5.74, 6) is 3.59. The van der Waals surface area contributed by atoms with E-state index in [-0.39, 0.29) is 11.6 Å². The van der Waals surface area contributed by atoms with Crippen molar-refractivity contribution in [2.24, 2.45) is 0 Å². The van der Waals surface area contributed by atoms with E-state index < -0.39 is 247 Å². The topological polar surface area (TPSA) is 1040 Å². The van der Waals surface area contributed by atoms with Crippen molar-refractivity contribution >= 4 is 152 Å². The smallest absolute Gasteiger partial charge is 0.387 e. The van der Waals surface area contributed by atoms with Crippen LogP contribution in [0.2, 0.25) is 0 Å². The van der Waals surface area contributed by atoms with Crippen LogP contribution in [0.4, 0.5) is 11.6 Å². The lowest BCUT2D eigenvalue weighted by Crippen LogP contribution is -2.44. The van der Waals surface area contributed by atoms with Gasteiger partial charge in [0.25, 0.3) is 11.1 Å². The van der Waals surface area contributed by atoms with Crippen LogP contribution in [0.5, 0.6) is 0 Å². The Morgan fingerprint density at radius 3 is 0.798 bits per heavy atom. The number of phosphoric acid groups is 12. The number of hydrogen-bond donors (Lipinski definition) is 24. The number of nitrogens with zero attached hydrogens (tertiary/aromatic N) is 8. The lowest BCUT2D eigenvalue weighted by molar-refractivity contribution is -0.0907. The molecular weight excluding hydrogens is 2050 g/mol. The highest BCUT2D eigenvalue weighted by Crippen LogP contribution is 2.70. The Morgan fingerprint density at radius 1 is 0.379 bits per heavy atom. The van der Waals surface area contributed by atoms with Crippen LogP contribution < -0.4 is 45.3 Å². The van der Waals surface area contributed by atoms with Crippen LogP contribution in [-0.4, -0.2) is 232 Å². The summed E-state index contributed by atoms with van der Waals surface area (Å²) in [7, 11) is -68.0. The van der Waals surface area contributed by atoms with Crippen molar-refractivity contribution in [3.05, 3.63) is 112 Å². The number of ether oxygens (including phenoxy) is 4. The highest BCUT2D eigenvalue weighted by molar-refractivity contribution is 7.68. The minimum absolute atomic E-state index is 0.123. The average molecular weight is 2110 g/mol. The number of alkyl halides is 4. The van der Waals surface area contributed by atoms with Gasteiger partial charge in [-0.05, 0) is 12.1 Å². The summed E-state index contributed by atoms with van der Waals surface area (Å²) in [6.45, 7) is -5.06. The van der Waals surface area contributed by atoms with Gasteiger partial charge in [0.2, 0.25) is 11.2 Å². The molecule has 26 N–H and O–H groups in total. The van der Waals surface area contributed by atoms with Crippen LogP contribution in [0.15, 0.2) is 77.8 Å². The Morgan fingerprint density at radius 2 is 0.589 bits per heavy atom. The van der Waals surface area contributed by atoms with Gasteiger partial charge in [-0.1, -0.05) is 11.8 Å². The maximum absolute atomic E-state index is 12.0. The number of halogens is 4. The zero-order chi connectivity index (χ0) is 95.3. The Kier molecular flexibility index (Phi) is 36.3. The molecule has 0 spiro atoms. The standard InChI is InChI=1S/C11H15ClN3O13P3.C11H14ClN2O14P3.C10H14ClN4O13P3.C10H13ClN3O14P3/c1-2-11(5-25-30(21,22)28-31(23,24)27-29(18,19)20)8(16)7(12)9(26-11)15-4-3-6(13)14-10(15)17;1-2-11(5-25-30(21,22)28-31(23,24)27-29(18,19)20)8(16)7(12)9(26-11)14-4-3-6(15)13-10(14)17;11-6-7(16)10(3-12,26-8(6)15-2-1-5(13)14-9(15)17)4-25-30(21,22)28-31(23,24)27-29(18,19)20;11-6-7(16)10(3-12,26-8(6)14-2-1-5(15)13-9(14)17)4-25-30(21,22)28-31(23,24)27-29(18,19)20/h1,3-4,7-9,16H,5H2,(H,21,22)(H,23,24)(H2,13,14,17)(H2,18,19,20);1,3-4,7-9,16H,5H2,(H,21,22)(H,23,24)(H,13,15,17)(H2,18,19,20);1-2,6-8,16H,4H2,(H,21,22)(H,23,24)(H2,13,14,17)(H2,18,19,20);1-2,6-8,16H,4H2,(H,21,22)(H,23,24)(H,13,15,17)(H2,18,19,20)/t2*7-,8+,9-,11-;2*6-,7+,8-,10-/m1111/s1. The molecule has 4 aliphatic rings. The molecule has 4 fully saturated rings. The fourth-order valence-electron chi connectivity index (χ4n) is 9.36. The van der Waals surface area contributed by atoms with Gasteiger partial charge in [-0.2, -0.15) is 55.0 Å². The van der Waals surface area contributed by atoms with Crippen molar-refractivity contribution in [1.82, 2.24) is 38.2 Å². The molecule has 0 aliphatic carbocycles. The van der Waals surface area contributed by atoms with Crippen molar-refractivity contribution < 1.29 is 225 Å². The van der Waals surface area contributed by atoms with E-state index in [0.717, 1.165) is 50.6 Å². The van der Waals surface area contributed by atoms with Gasteiger partial charge in [-0.15, -0.1) is 59.3 Å². The number of terminal acetylenes is 2. The number of rotatable bonds is 32. The monoisotopic (exact) mass is 2100 g/mol. The molecule has 0 amide bonds. The van der Waals surface area contributed by atoms with Crippen LogP contribution in [0.1, 0.15) is 24.9 Å². The summed E-state index contributed by atoms with van der Waals surface area (Å²) in [6, 6.07) is 7.09. The van der Waals surface area contributed by atoms with Crippen molar-refractivity contribution in [3.63, 3.8) is 0 Å². The quantitative estimate of drug-likeness (QED) is 0.0124. The van der Waals surface area contributed by atoms with Crippen molar-refractivity contribution in [3.8, 4) is 36.8 Å². The summed E-state index contributed by atoms with van der Waals surface area (Å²) in [5, 5.41) is 54.3. The van der Waals surface area contributed by atoms with Gasteiger partial charge in [-0.3, -0.25) is 55.9 Å². The number of nitrogens with two attached hydrogens (primary N) is 2. The number of aliphatic hydroxyl groups is 4. The molecule has 4 saturated heterocycles. The Balaban J connectivity index is 0.000000294. The first-order valence-corrected chi connectivity index (χ1v) is 50.1. The van der Waals surface area contributed by atoms with Crippen molar-refractivity contribution in [2.45, 2.75) is 93.2 Å². The normalized spacial score (nSPS) is 30.3. The van der Waals surface area contributed by atoms with E-state index in [0.29, 0.717) is 4.57 Å². The largest absolute Gasteiger partial charge is 0.490 e. The van der Waals surface area contributed by atoms with Gasteiger partial charge < -0.3 is 129 Å². The molecule has 8 rings (SSSR count). The number of nitriles is 2. The van der Waals surface area contributed by atoms with Crippen molar-refractivity contribution in [2.75, 3.05) is 37.9 Å². The highest BCUT2D eigenvalue weighted by Gasteiger charge is 2.61. The lowest BCUT2D eigenvalue weighted by atomic mass is 9.99. The number of nitrogen functional groups attached to an aromatic ring is 2. The number of aromatic nitrogens is 8. The number of aromatic amines is 2. The maximum atomic E-state index is 12.0. The maximum Gasteiger partial charge on any atom is 0.490 e. The third kappa shape index (κ3) is 30.7. The first kappa shape index (κ1) is 110. The third-order valence-corrected chi connectivity index (χ3v) is 31.3. The first-order chi connectivity index (χ1) is 56.0. The second kappa shape index (κ2) is 41.0. The van der Waals surface area contributed by atoms with E-state index >= 15 is 0 Å². The fourth-order valence-corrected chi connectivity index (χ4v) is 23.1. The van der Waals surface area contributed by atoms with Crippen LogP contribution in [0.3, 0.4) is 0 Å². The van der Waals surface area contributed by atoms with E-state index in [1.807, 2.05) is 21.8 Å². The Bertz CT molecular complexity index is 5490. The molecule has 8 unspecified atom stereocenters. The molecule has 124 heavy (non-hydrogen) atoms. The number of anilines is 2. The lowest BCUT2D eigenvalue weighted by Gasteiger charge is -2.27. The predicted octanol–water partition coefficient (Wildman–Crippen LogP) is -4.65.